The van der Waals surface area contributed by atoms with Crippen LogP contribution in [0.4, 0.5) is 8.78 Å². The second-order valence-electron chi connectivity index (χ2n) is 3.46. The first-order chi connectivity index (χ1) is 7.13. The van der Waals surface area contributed by atoms with Gasteiger partial charge in [-0.3, -0.25) is 0 Å². The Morgan fingerprint density at radius 3 is 2.40 bits per heavy atom. The Morgan fingerprint density at radius 2 is 1.87 bits per heavy atom. The van der Waals surface area contributed by atoms with E-state index in [2.05, 4.69) is 17.9 Å². The van der Waals surface area contributed by atoms with Gasteiger partial charge in [-0.15, -0.1) is 0 Å². The lowest BCUT2D eigenvalue weighted by Gasteiger charge is -2.13. The van der Waals surface area contributed by atoms with E-state index >= 15 is 0 Å². The Balaban J connectivity index is 2.60. The third-order valence-electron chi connectivity index (χ3n) is 2.17. The summed E-state index contributed by atoms with van der Waals surface area (Å²) >= 11 is 4.08. The predicted octanol–water partition coefficient (Wildman–Crippen LogP) is 2.94. The van der Waals surface area contributed by atoms with E-state index in [4.69, 9.17) is 0 Å². The molecule has 0 radical (unpaired) electrons. The van der Waals surface area contributed by atoms with Crippen LogP contribution in [0.1, 0.15) is 24.9 Å². The maximum Gasteiger partial charge on any atom is 0.126 e. The molecule has 0 amide bonds. The zero-order valence-electron chi connectivity index (χ0n) is 8.63. The van der Waals surface area contributed by atoms with Crippen LogP contribution in [-0.2, 0) is 0 Å². The number of hydrogen-bond donors (Lipinski definition) is 2. The van der Waals surface area contributed by atoms with E-state index in [0.29, 0.717) is 5.56 Å². The molecule has 0 heterocycles. The number of rotatable bonds is 5. The van der Waals surface area contributed by atoms with Crippen LogP contribution in [0.15, 0.2) is 18.2 Å². The third-order valence-corrected chi connectivity index (χ3v) is 2.49. The first-order valence-corrected chi connectivity index (χ1v) is 5.57. The van der Waals surface area contributed by atoms with Crippen molar-refractivity contribution in [3.63, 3.8) is 0 Å². The molecule has 0 fully saturated rings. The molecule has 1 atom stereocenters. The molecule has 4 heteroatoms. The molecule has 0 spiro atoms. The molecule has 1 aromatic rings. The van der Waals surface area contributed by atoms with Crippen LogP contribution in [0.25, 0.3) is 0 Å². The molecule has 0 aliphatic carbocycles. The van der Waals surface area contributed by atoms with E-state index in [1.807, 2.05) is 6.92 Å². The molecule has 0 aliphatic heterocycles. The molecular weight excluding hydrogens is 216 g/mol. The Morgan fingerprint density at radius 1 is 1.27 bits per heavy atom. The van der Waals surface area contributed by atoms with Crippen LogP contribution >= 0.6 is 12.6 Å². The van der Waals surface area contributed by atoms with Crippen molar-refractivity contribution < 1.29 is 8.78 Å². The topological polar surface area (TPSA) is 12.0 Å². The van der Waals surface area contributed by atoms with Gasteiger partial charge in [-0.25, -0.2) is 8.78 Å². The molecule has 15 heavy (non-hydrogen) atoms. The second-order valence-corrected chi connectivity index (χ2v) is 3.90. The largest absolute Gasteiger partial charge is 0.310 e. The Kier molecular flexibility index (Phi) is 5.05. The first-order valence-electron chi connectivity index (χ1n) is 4.93. The number of benzene rings is 1. The van der Waals surface area contributed by atoms with Gasteiger partial charge in [0.05, 0.1) is 0 Å². The van der Waals surface area contributed by atoms with E-state index in [-0.39, 0.29) is 6.04 Å². The molecule has 0 aliphatic rings. The predicted molar refractivity (Wildman–Crippen MR) is 61.2 cm³/mol. The van der Waals surface area contributed by atoms with Crippen molar-refractivity contribution in [2.45, 2.75) is 19.4 Å². The quantitative estimate of drug-likeness (QED) is 0.586. The minimum absolute atomic E-state index is 0.0462. The number of hydrogen-bond acceptors (Lipinski definition) is 2. The van der Waals surface area contributed by atoms with E-state index in [9.17, 15) is 8.78 Å². The van der Waals surface area contributed by atoms with Crippen molar-refractivity contribution >= 4 is 12.6 Å². The Bertz CT molecular complexity index is 297. The molecule has 1 rings (SSSR count). The minimum Gasteiger partial charge on any atom is -0.310 e. The fraction of sp³-hybridized carbons (Fsp3) is 0.455. The lowest BCUT2D eigenvalue weighted by atomic mass is 10.1. The van der Waals surface area contributed by atoms with Gasteiger partial charge in [0.25, 0.3) is 0 Å². The summed E-state index contributed by atoms with van der Waals surface area (Å²) in [6, 6.07) is 3.53. The molecule has 0 saturated carbocycles. The van der Waals surface area contributed by atoms with E-state index in [1.165, 1.54) is 12.1 Å². The van der Waals surface area contributed by atoms with Crippen molar-refractivity contribution in [2.75, 3.05) is 12.3 Å². The average Bonchev–Trinajstić information content (AvgIpc) is 2.16. The van der Waals surface area contributed by atoms with Crippen molar-refractivity contribution in [2.24, 2.45) is 0 Å². The lowest BCUT2D eigenvalue weighted by Crippen LogP contribution is -2.20. The standard InChI is InChI=1S/C11H15F2NS/c1-8(14-3-2-4-15)9-5-10(12)7-11(13)6-9/h5-8,14-15H,2-4H2,1H3. The first kappa shape index (κ1) is 12.5. The Hall–Kier alpha value is -0.610. The van der Waals surface area contributed by atoms with Crippen LogP contribution in [0.5, 0.6) is 0 Å². The average molecular weight is 231 g/mol. The summed E-state index contributed by atoms with van der Waals surface area (Å²) in [5.41, 5.74) is 0.631. The molecule has 0 aromatic heterocycles. The van der Waals surface area contributed by atoms with Crippen molar-refractivity contribution in [1.29, 1.82) is 0 Å². The number of halogens is 2. The monoisotopic (exact) mass is 231 g/mol. The Labute approximate surface area is 94.3 Å². The van der Waals surface area contributed by atoms with Crippen molar-refractivity contribution in [3.8, 4) is 0 Å². The number of nitrogens with one attached hydrogen (secondary N) is 1. The van der Waals surface area contributed by atoms with Gasteiger partial charge in [-0.2, -0.15) is 12.6 Å². The van der Waals surface area contributed by atoms with Crippen molar-refractivity contribution in [3.05, 3.63) is 35.4 Å². The van der Waals surface area contributed by atoms with Gasteiger partial charge in [0.1, 0.15) is 11.6 Å². The van der Waals surface area contributed by atoms with Crippen LogP contribution < -0.4 is 5.32 Å². The molecular formula is C11H15F2NS. The zero-order chi connectivity index (χ0) is 11.3. The van der Waals surface area contributed by atoms with Crippen LogP contribution in [0.3, 0.4) is 0 Å². The highest BCUT2D eigenvalue weighted by molar-refractivity contribution is 7.80. The highest BCUT2D eigenvalue weighted by atomic mass is 32.1. The molecule has 1 N–H and O–H groups in total. The summed E-state index contributed by atoms with van der Waals surface area (Å²) in [4.78, 5) is 0. The van der Waals surface area contributed by atoms with Crippen molar-refractivity contribution in [1.82, 2.24) is 5.32 Å². The SMILES string of the molecule is CC(NCCCS)c1cc(F)cc(F)c1. The number of thiol groups is 1. The molecule has 1 aromatic carbocycles. The summed E-state index contributed by atoms with van der Waals surface area (Å²) in [6.07, 6.45) is 0.936. The normalized spacial score (nSPS) is 12.8. The minimum atomic E-state index is -0.534. The summed E-state index contributed by atoms with van der Waals surface area (Å²) in [5, 5.41) is 3.17. The highest BCUT2D eigenvalue weighted by Gasteiger charge is 2.07. The van der Waals surface area contributed by atoms with E-state index in [1.54, 1.807) is 0 Å². The molecule has 1 nitrogen and oxygen atoms in total. The maximum atomic E-state index is 12.9. The van der Waals surface area contributed by atoms with E-state index < -0.39 is 11.6 Å². The fourth-order valence-electron chi connectivity index (χ4n) is 1.34. The van der Waals surface area contributed by atoms with Crippen LogP contribution in [0, 0.1) is 11.6 Å². The van der Waals surface area contributed by atoms with Crippen LogP contribution in [-0.4, -0.2) is 12.3 Å². The third kappa shape index (κ3) is 4.18. The smallest absolute Gasteiger partial charge is 0.126 e. The zero-order valence-corrected chi connectivity index (χ0v) is 9.53. The lowest BCUT2D eigenvalue weighted by molar-refractivity contribution is 0.545. The highest BCUT2D eigenvalue weighted by Crippen LogP contribution is 2.15. The molecule has 84 valence electrons. The molecule has 1 unspecified atom stereocenters. The maximum absolute atomic E-state index is 12.9. The second kappa shape index (κ2) is 6.08. The summed E-state index contributed by atoms with van der Waals surface area (Å²) in [7, 11) is 0. The van der Waals surface area contributed by atoms with Gasteiger partial charge in [-0.1, -0.05) is 0 Å². The van der Waals surface area contributed by atoms with Crippen LogP contribution in [0.2, 0.25) is 0 Å². The van der Waals surface area contributed by atoms with Gasteiger partial charge in [-0.05, 0) is 43.3 Å². The van der Waals surface area contributed by atoms with Gasteiger partial charge in [0.15, 0.2) is 0 Å². The van der Waals surface area contributed by atoms with Gasteiger partial charge < -0.3 is 5.32 Å². The molecule has 0 saturated heterocycles. The van der Waals surface area contributed by atoms with E-state index in [0.717, 1.165) is 24.8 Å². The van der Waals surface area contributed by atoms with Gasteiger partial charge in [0, 0.05) is 12.1 Å². The summed E-state index contributed by atoms with van der Waals surface area (Å²) in [6.45, 7) is 2.68. The molecule has 0 bridgehead atoms. The van der Waals surface area contributed by atoms with Gasteiger partial charge in [0.2, 0.25) is 0 Å². The van der Waals surface area contributed by atoms with Gasteiger partial charge >= 0.3 is 0 Å². The fourth-order valence-corrected chi connectivity index (χ4v) is 1.50. The summed E-state index contributed by atoms with van der Waals surface area (Å²) in [5.74, 6) is -0.266. The summed E-state index contributed by atoms with van der Waals surface area (Å²) < 4.78 is 25.8.